The van der Waals surface area contributed by atoms with Crippen molar-refractivity contribution in [2.24, 2.45) is 0 Å². The third kappa shape index (κ3) is 3.10. The Morgan fingerprint density at radius 2 is 1.74 bits per heavy atom. The SMILES string of the molecule is C=CCN(C(=O)c1ccc(C)cc1)c1ccccc1. The van der Waals surface area contributed by atoms with E-state index in [1.54, 1.807) is 11.0 Å². The summed E-state index contributed by atoms with van der Waals surface area (Å²) in [6.07, 6.45) is 1.74. The molecule has 0 aliphatic carbocycles. The number of rotatable bonds is 4. The summed E-state index contributed by atoms with van der Waals surface area (Å²) in [5, 5.41) is 0. The molecule has 1 amide bonds. The molecule has 2 aromatic carbocycles. The van der Waals surface area contributed by atoms with Crippen LogP contribution in [0.4, 0.5) is 5.69 Å². The van der Waals surface area contributed by atoms with Gasteiger partial charge < -0.3 is 4.90 Å². The third-order valence-electron chi connectivity index (χ3n) is 2.92. The number of carbonyl (C=O) groups is 1. The number of para-hydroxylation sites is 1. The Hall–Kier alpha value is -2.35. The molecule has 0 aliphatic rings. The van der Waals surface area contributed by atoms with Crippen molar-refractivity contribution in [1.29, 1.82) is 0 Å². The van der Waals surface area contributed by atoms with Gasteiger partial charge in [-0.2, -0.15) is 0 Å². The van der Waals surface area contributed by atoms with Gasteiger partial charge in [0.25, 0.3) is 5.91 Å². The quantitative estimate of drug-likeness (QED) is 0.756. The number of anilines is 1. The first-order valence-electron chi connectivity index (χ1n) is 6.27. The van der Waals surface area contributed by atoms with Crippen LogP contribution >= 0.6 is 0 Å². The van der Waals surface area contributed by atoms with Gasteiger partial charge in [0.2, 0.25) is 0 Å². The Balaban J connectivity index is 2.31. The molecule has 2 nitrogen and oxygen atoms in total. The second-order valence-corrected chi connectivity index (χ2v) is 4.41. The van der Waals surface area contributed by atoms with E-state index in [4.69, 9.17) is 0 Å². The first-order chi connectivity index (χ1) is 9.22. The van der Waals surface area contributed by atoms with Crippen LogP contribution in [0.25, 0.3) is 0 Å². The highest BCUT2D eigenvalue weighted by molar-refractivity contribution is 6.06. The van der Waals surface area contributed by atoms with Crippen molar-refractivity contribution in [3.63, 3.8) is 0 Å². The highest BCUT2D eigenvalue weighted by Crippen LogP contribution is 2.17. The van der Waals surface area contributed by atoms with Crippen molar-refractivity contribution < 1.29 is 4.79 Å². The van der Waals surface area contributed by atoms with Crippen LogP contribution in [0.15, 0.2) is 67.3 Å². The Labute approximate surface area is 114 Å². The fourth-order valence-electron chi connectivity index (χ4n) is 1.89. The summed E-state index contributed by atoms with van der Waals surface area (Å²) in [6.45, 7) is 6.23. The van der Waals surface area contributed by atoms with Crippen LogP contribution in [0.3, 0.4) is 0 Å². The first kappa shape index (κ1) is 13.1. The van der Waals surface area contributed by atoms with Crippen molar-refractivity contribution in [3.8, 4) is 0 Å². The Bertz CT molecular complexity index is 558. The van der Waals surface area contributed by atoms with Gasteiger partial charge in [-0.15, -0.1) is 6.58 Å². The van der Waals surface area contributed by atoms with Gasteiger partial charge in [0.15, 0.2) is 0 Å². The van der Waals surface area contributed by atoms with Crippen LogP contribution in [0.5, 0.6) is 0 Å². The van der Waals surface area contributed by atoms with E-state index in [-0.39, 0.29) is 5.91 Å². The van der Waals surface area contributed by atoms with Gasteiger partial charge in [-0.3, -0.25) is 4.79 Å². The number of hydrogen-bond donors (Lipinski definition) is 0. The summed E-state index contributed by atoms with van der Waals surface area (Å²) in [4.78, 5) is 14.2. The van der Waals surface area contributed by atoms with E-state index in [9.17, 15) is 4.79 Å². The molecule has 0 aromatic heterocycles. The monoisotopic (exact) mass is 251 g/mol. The lowest BCUT2D eigenvalue weighted by atomic mass is 10.1. The van der Waals surface area contributed by atoms with E-state index in [0.29, 0.717) is 12.1 Å². The molecule has 19 heavy (non-hydrogen) atoms. The molecule has 2 aromatic rings. The smallest absolute Gasteiger partial charge is 0.258 e. The van der Waals surface area contributed by atoms with Crippen LogP contribution in [-0.2, 0) is 0 Å². The molecule has 0 spiro atoms. The second-order valence-electron chi connectivity index (χ2n) is 4.41. The average Bonchev–Trinajstić information content (AvgIpc) is 2.46. The molecule has 0 fully saturated rings. The van der Waals surface area contributed by atoms with E-state index < -0.39 is 0 Å². The fourth-order valence-corrected chi connectivity index (χ4v) is 1.89. The van der Waals surface area contributed by atoms with Crippen molar-refractivity contribution in [1.82, 2.24) is 0 Å². The lowest BCUT2D eigenvalue weighted by Gasteiger charge is -2.21. The molecular weight excluding hydrogens is 234 g/mol. The number of hydrogen-bond acceptors (Lipinski definition) is 1. The molecule has 0 radical (unpaired) electrons. The van der Waals surface area contributed by atoms with E-state index in [1.807, 2.05) is 61.5 Å². The van der Waals surface area contributed by atoms with E-state index in [0.717, 1.165) is 11.3 Å². The van der Waals surface area contributed by atoms with Crippen molar-refractivity contribution in [2.75, 3.05) is 11.4 Å². The van der Waals surface area contributed by atoms with Crippen LogP contribution < -0.4 is 4.90 Å². The lowest BCUT2D eigenvalue weighted by Crippen LogP contribution is -2.30. The molecule has 0 aliphatic heterocycles. The molecule has 2 heteroatoms. The number of aryl methyl sites for hydroxylation is 1. The zero-order valence-electron chi connectivity index (χ0n) is 11.0. The topological polar surface area (TPSA) is 20.3 Å². The third-order valence-corrected chi connectivity index (χ3v) is 2.92. The van der Waals surface area contributed by atoms with Crippen LogP contribution in [0, 0.1) is 6.92 Å². The highest BCUT2D eigenvalue weighted by atomic mass is 16.2. The Kier molecular flexibility index (Phi) is 4.14. The summed E-state index contributed by atoms with van der Waals surface area (Å²) >= 11 is 0. The molecule has 96 valence electrons. The van der Waals surface area contributed by atoms with Gasteiger partial charge in [0, 0.05) is 17.8 Å². The summed E-state index contributed by atoms with van der Waals surface area (Å²) < 4.78 is 0. The first-order valence-corrected chi connectivity index (χ1v) is 6.27. The predicted molar refractivity (Wildman–Crippen MR) is 79.5 cm³/mol. The largest absolute Gasteiger partial charge is 0.305 e. The molecule has 0 bridgehead atoms. The minimum Gasteiger partial charge on any atom is -0.305 e. The molecule has 0 N–H and O–H groups in total. The number of benzene rings is 2. The number of carbonyl (C=O) groups excluding carboxylic acids is 1. The molecular formula is C17H17NO. The Morgan fingerprint density at radius 1 is 1.11 bits per heavy atom. The summed E-state index contributed by atoms with van der Waals surface area (Å²) in [7, 11) is 0. The van der Waals surface area contributed by atoms with E-state index >= 15 is 0 Å². The lowest BCUT2D eigenvalue weighted by molar-refractivity contribution is 0.0989. The van der Waals surface area contributed by atoms with Gasteiger partial charge in [-0.1, -0.05) is 42.0 Å². The van der Waals surface area contributed by atoms with Gasteiger partial charge >= 0.3 is 0 Å². The maximum absolute atomic E-state index is 12.5. The minimum absolute atomic E-state index is 0.00824. The zero-order valence-corrected chi connectivity index (χ0v) is 11.0. The molecule has 0 saturated carbocycles. The average molecular weight is 251 g/mol. The molecule has 2 rings (SSSR count). The van der Waals surface area contributed by atoms with Gasteiger partial charge in [-0.05, 0) is 31.2 Å². The van der Waals surface area contributed by atoms with Crippen molar-refractivity contribution >= 4 is 11.6 Å². The fraction of sp³-hybridized carbons (Fsp3) is 0.118. The zero-order chi connectivity index (χ0) is 13.7. The van der Waals surface area contributed by atoms with Crippen molar-refractivity contribution in [2.45, 2.75) is 6.92 Å². The normalized spacial score (nSPS) is 9.95. The van der Waals surface area contributed by atoms with Crippen LogP contribution in [0.1, 0.15) is 15.9 Å². The molecule has 0 unspecified atom stereocenters. The Morgan fingerprint density at radius 3 is 2.32 bits per heavy atom. The van der Waals surface area contributed by atoms with Gasteiger partial charge in [0.05, 0.1) is 0 Å². The molecule has 0 saturated heterocycles. The highest BCUT2D eigenvalue weighted by Gasteiger charge is 2.15. The van der Waals surface area contributed by atoms with Gasteiger partial charge in [-0.25, -0.2) is 0 Å². The maximum Gasteiger partial charge on any atom is 0.258 e. The number of amides is 1. The van der Waals surface area contributed by atoms with Gasteiger partial charge in [0.1, 0.15) is 0 Å². The van der Waals surface area contributed by atoms with E-state index in [2.05, 4.69) is 6.58 Å². The molecule has 0 heterocycles. The minimum atomic E-state index is -0.00824. The van der Waals surface area contributed by atoms with E-state index in [1.165, 1.54) is 0 Å². The standard InChI is InChI=1S/C17H17NO/c1-3-13-18(16-7-5-4-6-8-16)17(19)15-11-9-14(2)10-12-15/h3-12H,1,13H2,2H3. The summed E-state index contributed by atoms with van der Waals surface area (Å²) in [5.74, 6) is -0.00824. The van der Waals surface area contributed by atoms with Crippen LogP contribution in [-0.4, -0.2) is 12.5 Å². The second kappa shape index (κ2) is 6.01. The summed E-state index contributed by atoms with van der Waals surface area (Å²) in [5.41, 5.74) is 2.72. The van der Waals surface area contributed by atoms with Crippen LogP contribution in [0.2, 0.25) is 0 Å². The number of nitrogens with zero attached hydrogens (tertiary/aromatic N) is 1. The van der Waals surface area contributed by atoms with Crippen molar-refractivity contribution in [3.05, 3.63) is 78.4 Å². The molecule has 0 atom stereocenters. The maximum atomic E-state index is 12.5. The predicted octanol–water partition coefficient (Wildman–Crippen LogP) is 3.83. The summed E-state index contributed by atoms with van der Waals surface area (Å²) in [6, 6.07) is 17.3.